The molecular formula is C23H21N5O2. The fourth-order valence-corrected chi connectivity index (χ4v) is 3.29. The van der Waals surface area contributed by atoms with Crippen molar-refractivity contribution in [2.24, 2.45) is 0 Å². The summed E-state index contributed by atoms with van der Waals surface area (Å²) in [6.07, 6.45) is 4.01. The first-order chi connectivity index (χ1) is 14.7. The van der Waals surface area contributed by atoms with Gasteiger partial charge in [0.2, 0.25) is 5.95 Å². The maximum Gasteiger partial charge on any atom is 0.251 e. The molecule has 0 spiro atoms. The van der Waals surface area contributed by atoms with Crippen molar-refractivity contribution in [2.45, 2.75) is 18.9 Å². The van der Waals surface area contributed by atoms with Crippen molar-refractivity contribution in [3.8, 4) is 16.9 Å². The van der Waals surface area contributed by atoms with E-state index >= 15 is 0 Å². The Bertz CT molecular complexity index is 1190. The van der Waals surface area contributed by atoms with Crippen LogP contribution in [0.3, 0.4) is 0 Å². The minimum absolute atomic E-state index is 0.0287. The van der Waals surface area contributed by atoms with Crippen LogP contribution in [-0.4, -0.2) is 33.7 Å². The summed E-state index contributed by atoms with van der Waals surface area (Å²) < 4.78 is 6.99. The molecule has 2 aromatic carbocycles. The molecule has 0 bridgehead atoms. The summed E-state index contributed by atoms with van der Waals surface area (Å²) in [6, 6.07) is 19.5. The van der Waals surface area contributed by atoms with E-state index < -0.39 is 0 Å². The number of hydrogen-bond donors (Lipinski definition) is 2. The zero-order chi connectivity index (χ0) is 20.5. The van der Waals surface area contributed by atoms with E-state index in [2.05, 4.69) is 20.7 Å². The van der Waals surface area contributed by atoms with Crippen LogP contribution >= 0.6 is 0 Å². The number of hydrogen-bond acceptors (Lipinski definition) is 5. The van der Waals surface area contributed by atoms with Crippen LogP contribution in [0.5, 0.6) is 5.75 Å². The topological polar surface area (TPSA) is 80.5 Å². The van der Waals surface area contributed by atoms with Gasteiger partial charge in [0.15, 0.2) is 5.65 Å². The second-order valence-electron chi connectivity index (χ2n) is 7.30. The predicted octanol–water partition coefficient (Wildman–Crippen LogP) is 4.04. The van der Waals surface area contributed by atoms with Crippen molar-refractivity contribution >= 4 is 23.2 Å². The average molecular weight is 399 g/mol. The summed E-state index contributed by atoms with van der Waals surface area (Å²) in [5.74, 6) is 1.27. The fourth-order valence-electron chi connectivity index (χ4n) is 3.29. The molecule has 0 saturated heterocycles. The number of carbonyl (C=O) groups is 1. The molecule has 7 nitrogen and oxygen atoms in total. The van der Waals surface area contributed by atoms with Crippen LogP contribution in [0.25, 0.3) is 16.8 Å². The van der Waals surface area contributed by atoms with Crippen LogP contribution in [0.1, 0.15) is 23.2 Å². The number of nitrogens with zero attached hydrogens (tertiary/aromatic N) is 3. The van der Waals surface area contributed by atoms with Gasteiger partial charge in [-0.2, -0.15) is 4.98 Å². The number of rotatable bonds is 6. The van der Waals surface area contributed by atoms with Gasteiger partial charge in [-0.3, -0.25) is 4.79 Å². The number of methoxy groups -OCH3 is 1. The molecule has 150 valence electrons. The smallest absolute Gasteiger partial charge is 0.251 e. The van der Waals surface area contributed by atoms with Gasteiger partial charge in [-0.1, -0.05) is 12.1 Å². The summed E-state index contributed by atoms with van der Waals surface area (Å²) in [5, 5.41) is 10.7. The molecule has 7 heteroatoms. The quantitative estimate of drug-likeness (QED) is 0.511. The third kappa shape index (κ3) is 3.69. The summed E-state index contributed by atoms with van der Waals surface area (Å²) in [7, 11) is 1.65. The first-order valence-corrected chi connectivity index (χ1v) is 9.87. The molecule has 1 amide bonds. The third-order valence-electron chi connectivity index (χ3n) is 5.08. The minimum atomic E-state index is -0.0287. The van der Waals surface area contributed by atoms with Crippen molar-refractivity contribution in [1.82, 2.24) is 19.9 Å². The van der Waals surface area contributed by atoms with Gasteiger partial charge in [0, 0.05) is 29.1 Å². The molecule has 4 aromatic rings. The molecule has 30 heavy (non-hydrogen) atoms. The first kappa shape index (κ1) is 18.2. The van der Waals surface area contributed by atoms with Crippen molar-refractivity contribution in [2.75, 3.05) is 12.4 Å². The maximum absolute atomic E-state index is 12.1. The molecule has 0 atom stereocenters. The molecule has 1 aliphatic rings. The van der Waals surface area contributed by atoms with E-state index in [1.165, 1.54) is 0 Å². The standard InChI is InChI=1S/C23H21N5O2/c1-30-19-12-6-15(7-13-19)20-3-2-14-28-21(20)26-23(27-28)25-18-8-4-16(5-9-18)22(29)24-17-10-11-17/h2-9,12-14,17H,10-11H2,1H3,(H,24,29)(H,25,27). The van der Waals surface area contributed by atoms with Gasteiger partial charge in [-0.25, -0.2) is 4.52 Å². The van der Waals surface area contributed by atoms with Crippen LogP contribution < -0.4 is 15.4 Å². The summed E-state index contributed by atoms with van der Waals surface area (Å²) in [5.41, 5.74) is 4.24. The van der Waals surface area contributed by atoms with E-state index in [9.17, 15) is 4.79 Å². The highest BCUT2D eigenvalue weighted by atomic mass is 16.5. The Hall–Kier alpha value is -3.87. The zero-order valence-corrected chi connectivity index (χ0v) is 16.5. The molecule has 0 aliphatic heterocycles. The van der Waals surface area contributed by atoms with Gasteiger partial charge in [0.25, 0.3) is 5.91 Å². The monoisotopic (exact) mass is 399 g/mol. The first-order valence-electron chi connectivity index (χ1n) is 9.87. The number of nitrogens with one attached hydrogen (secondary N) is 2. The second-order valence-corrected chi connectivity index (χ2v) is 7.30. The average Bonchev–Trinajstić information content (AvgIpc) is 3.50. The fraction of sp³-hybridized carbons (Fsp3) is 0.174. The van der Waals surface area contributed by atoms with E-state index in [-0.39, 0.29) is 5.91 Å². The van der Waals surface area contributed by atoms with Gasteiger partial charge in [-0.05, 0) is 66.9 Å². The number of ether oxygens (including phenoxy) is 1. The number of aromatic nitrogens is 3. The van der Waals surface area contributed by atoms with Crippen LogP contribution in [-0.2, 0) is 0 Å². The zero-order valence-electron chi connectivity index (χ0n) is 16.5. The molecule has 2 aromatic heterocycles. The van der Waals surface area contributed by atoms with Crippen molar-refractivity contribution in [3.05, 3.63) is 72.4 Å². The number of pyridine rings is 1. The van der Waals surface area contributed by atoms with Crippen LogP contribution in [0.2, 0.25) is 0 Å². The number of benzene rings is 2. The van der Waals surface area contributed by atoms with E-state index in [0.29, 0.717) is 17.6 Å². The van der Waals surface area contributed by atoms with E-state index in [1.54, 1.807) is 23.8 Å². The molecule has 5 rings (SSSR count). The highest BCUT2D eigenvalue weighted by Crippen LogP contribution is 2.27. The molecule has 1 saturated carbocycles. The number of amides is 1. The lowest BCUT2D eigenvalue weighted by atomic mass is 10.1. The van der Waals surface area contributed by atoms with E-state index in [0.717, 1.165) is 41.1 Å². The molecule has 0 unspecified atom stereocenters. The Morgan fingerprint density at radius 1 is 1.07 bits per heavy atom. The van der Waals surface area contributed by atoms with Crippen molar-refractivity contribution in [1.29, 1.82) is 0 Å². The van der Waals surface area contributed by atoms with Crippen LogP contribution in [0.15, 0.2) is 66.9 Å². The Morgan fingerprint density at radius 3 is 2.53 bits per heavy atom. The molecular weight excluding hydrogens is 378 g/mol. The van der Waals surface area contributed by atoms with Crippen LogP contribution in [0, 0.1) is 0 Å². The van der Waals surface area contributed by atoms with Gasteiger partial charge in [0.05, 0.1) is 7.11 Å². The number of fused-ring (bicyclic) bond motifs is 1. The Labute approximate surface area is 173 Å². The number of anilines is 2. The van der Waals surface area contributed by atoms with Crippen molar-refractivity contribution < 1.29 is 9.53 Å². The molecule has 0 radical (unpaired) electrons. The SMILES string of the molecule is COc1ccc(-c2cccn3nc(Nc4ccc(C(=O)NC5CC5)cc4)nc23)cc1. The molecule has 2 N–H and O–H groups in total. The van der Waals surface area contributed by atoms with Gasteiger partial charge in [-0.15, -0.1) is 5.10 Å². The molecule has 1 aliphatic carbocycles. The van der Waals surface area contributed by atoms with Gasteiger partial charge >= 0.3 is 0 Å². The third-order valence-corrected chi connectivity index (χ3v) is 5.08. The predicted molar refractivity (Wildman–Crippen MR) is 115 cm³/mol. The Balaban J connectivity index is 1.38. The second kappa shape index (κ2) is 7.51. The summed E-state index contributed by atoms with van der Waals surface area (Å²) >= 11 is 0. The summed E-state index contributed by atoms with van der Waals surface area (Å²) in [6.45, 7) is 0. The van der Waals surface area contributed by atoms with Gasteiger partial charge in [0.1, 0.15) is 5.75 Å². The lowest BCUT2D eigenvalue weighted by Gasteiger charge is -2.05. The molecule has 1 fully saturated rings. The highest BCUT2D eigenvalue weighted by molar-refractivity contribution is 5.95. The number of carbonyl (C=O) groups excluding carboxylic acids is 1. The van der Waals surface area contributed by atoms with E-state index in [4.69, 9.17) is 4.74 Å². The van der Waals surface area contributed by atoms with Crippen molar-refractivity contribution in [3.63, 3.8) is 0 Å². The lowest BCUT2D eigenvalue weighted by Crippen LogP contribution is -2.25. The maximum atomic E-state index is 12.1. The molecule has 2 heterocycles. The lowest BCUT2D eigenvalue weighted by molar-refractivity contribution is 0.0951. The van der Waals surface area contributed by atoms with E-state index in [1.807, 2.05) is 54.7 Å². The van der Waals surface area contributed by atoms with Gasteiger partial charge < -0.3 is 15.4 Å². The Morgan fingerprint density at radius 2 is 1.83 bits per heavy atom. The van der Waals surface area contributed by atoms with Crippen LogP contribution in [0.4, 0.5) is 11.6 Å². The largest absolute Gasteiger partial charge is 0.497 e. The normalized spacial score (nSPS) is 13.2. The minimum Gasteiger partial charge on any atom is -0.497 e. The highest BCUT2D eigenvalue weighted by Gasteiger charge is 2.23. The summed E-state index contributed by atoms with van der Waals surface area (Å²) in [4.78, 5) is 16.8. The Kier molecular flexibility index (Phi) is 4.55.